The maximum absolute atomic E-state index is 11.9. The van der Waals surface area contributed by atoms with Crippen molar-refractivity contribution in [1.29, 1.82) is 0 Å². The van der Waals surface area contributed by atoms with Crippen LogP contribution >= 0.6 is 0 Å². The van der Waals surface area contributed by atoms with E-state index in [0.29, 0.717) is 52.0 Å². The molecule has 0 aliphatic carbocycles. The second kappa shape index (κ2) is 35.1. The number of nitrogens with one attached hydrogen (secondary N) is 3. The van der Waals surface area contributed by atoms with E-state index in [1.54, 1.807) is 6.92 Å². The van der Waals surface area contributed by atoms with Crippen LogP contribution in [0.2, 0.25) is 0 Å². The van der Waals surface area contributed by atoms with Gasteiger partial charge in [-0.15, -0.1) is 0 Å². The molecule has 53 heavy (non-hydrogen) atoms. The van der Waals surface area contributed by atoms with E-state index in [9.17, 15) is 43.5 Å². The van der Waals surface area contributed by atoms with Gasteiger partial charge < -0.3 is 50.2 Å². The molecule has 0 aromatic heterocycles. The zero-order valence-corrected chi connectivity index (χ0v) is 31.5. The van der Waals surface area contributed by atoms with Gasteiger partial charge in [-0.05, 0) is 32.1 Å². The SMILES string of the molecule is CCC(=O)NCCCCC(C)C(=O)O.CNC(=O)COCCOCCCC(=O)COCCOCCNC(=O)CCC(CC(=O)CCCC(=O)O)C(=O)O. The molecule has 0 saturated heterocycles. The predicted octanol–water partition coefficient (Wildman–Crippen LogP) is 1.36. The molecule has 18 heteroatoms. The molecule has 6 N–H and O–H groups in total. The van der Waals surface area contributed by atoms with Crippen LogP contribution in [0.25, 0.3) is 0 Å². The second-order valence-electron chi connectivity index (χ2n) is 12.0. The molecular formula is C35H61N3O15. The summed E-state index contributed by atoms with van der Waals surface area (Å²) in [5, 5.41) is 34.2. The number of carboxylic acids is 3. The largest absolute Gasteiger partial charge is 0.481 e. The monoisotopic (exact) mass is 763 g/mol. The van der Waals surface area contributed by atoms with Gasteiger partial charge >= 0.3 is 17.9 Å². The molecule has 3 amide bonds. The number of likely N-dealkylation sites (N-methyl/N-ethyl adjacent to an activating group) is 1. The number of carbonyl (C=O) groups excluding carboxylic acids is 5. The summed E-state index contributed by atoms with van der Waals surface area (Å²) in [5.41, 5.74) is 0. The summed E-state index contributed by atoms with van der Waals surface area (Å²) in [4.78, 5) is 89.6. The van der Waals surface area contributed by atoms with E-state index in [1.807, 2.05) is 6.92 Å². The van der Waals surface area contributed by atoms with Crippen molar-refractivity contribution in [3.8, 4) is 0 Å². The number of unbranched alkanes of at least 4 members (excludes halogenated alkanes) is 1. The van der Waals surface area contributed by atoms with Gasteiger partial charge in [-0.1, -0.05) is 20.3 Å². The molecule has 0 aromatic rings. The zero-order chi connectivity index (χ0) is 40.3. The van der Waals surface area contributed by atoms with Crippen molar-refractivity contribution in [2.24, 2.45) is 11.8 Å². The fourth-order valence-corrected chi connectivity index (χ4v) is 4.14. The Kier molecular flexibility index (Phi) is 33.8. The summed E-state index contributed by atoms with van der Waals surface area (Å²) < 4.78 is 21.0. The highest BCUT2D eigenvalue weighted by Crippen LogP contribution is 2.15. The van der Waals surface area contributed by atoms with Gasteiger partial charge in [0, 0.05) is 65.3 Å². The number of carboxylic acid groups (broad SMARTS) is 3. The summed E-state index contributed by atoms with van der Waals surface area (Å²) in [6.07, 6.45) is 3.41. The minimum Gasteiger partial charge on any atom is -0.481 e. The fraction of sp³-hybridized carbons (Fsp3) is 0.771. The lowest BCUT2D eigenvalue weighted by Crippen LogP contribution is -2.29. The molecule has 2 unspecified atom stereocenters. The van der Waals surface area contributed by atoms with E-state index in [2.05, 4.69) is 16.0 Å². The fourth-order valence-electron chi connectivity index (χ4n) is 4.14. The first kappa shape index (κ1) is 51.1. The quantitative estimate of drug-likeness (QED) is 0.0505. The molecule has 0 fully saturated rings. The highest BCUT2D eigenvalue weighted by atomic mass is 16.5. The van der Waals surface area contributed by atoms with Gasteiger partial charge in [-0.3, -0.25) is 38.4 Å². The lowest BCUT2D eigenvalue weighted by atomic mass is 9.95. The Hall–Kier alpha value is -4.00. The summed E-state index contributed by atoms with van der Waals surface area (Å²) >= 11 is 0. The Morgan fingerprint density at radius 2 is 1.17 bits per heavy atom. The van der Waals surface area contributed by atoms with Crippen molar-refractivity contribution >= 4 is 47.2 Å². The third kappa shape index (κ3) is 36.2. The number of hydrogen-bond donors (Lipinski definition) is 6. The van der Waals surface area contributed by atoms with Crippen molar-refractivity contribution in [3.63, 3.8) is 0 Å². The first-order valence-electron chi connectivity index (χ1n) is 18.0. The molecule has 0 spiro atoms. The number of hydrogen-bond acceptors (Lipinski definition) is 12. The summed E-state index contributed by atoms with van der Waals surface area (Å²) in [6.45, 7) is 5.98. The van der Waals surface area contributed by atoms with Crippen LogP contribution in [0.3, 0.4) is 0 Å². The Labute approximate surface area is 311 Å². The van der Waals surface area contributed by atoms with E-state index in [-0.39, 0.29) is 113 Å². The van der Waals surface area contributed by atoms with Gasteiger partial charge in [0.1, 0.15) is 19.0 Å². The normalized spacial score (nSPS) is 11.7. The lowest BCUT2D eigenvalue weighted by Gasteiger charge is -2.12. The van der Waals surface area contributed by atoms with Gasteiger partial charge in [0.05, 0.1) is 44.9 Å². The molecule has 0 bridgehead atoms. The van der Waals surface area contributed by atoms with Crippen molar-refractivity contribution in [3.05, 3.63) is 0 Å². The smallest absolute Gasteiger partial charge is 0.306 e. The summed E-state index contributed by atoms with van der Waals surface area (Å²) in [7, 11) is 1.52. The van der Waals surface area contributed by atoms with Crippen LogP contribution in [0.1, 0.15) is 90.9 Å². The number of Topliss-reactive ketones (excluding diaryl/α,β-unsaturated/α-hetero) is 2. The second-order valence-corrected chi connectivity index (χ2v) is 12.0. The van der Waals surface area contributed by atoms with Crippen LogP contribution in [-0.4, -0.2) is 136 Å². The third-order valence-electron chi connectivity index (χ3n) is 7.35. The van der Waals surface area contributed by atoms with Crippen molar-refractivity contribution in [1.82, 2.24) is 16.0 Å². The lowest BCUT2D eigenvalue weighted by molar-refractivity contribution is -0.144. The van der Waals surface area contributed by atoms with Gasteiger partial charge in [0.2, 0.25) is 17.7 Å². The van der Waals surface area contributed by atoms with Crippen molar-refractivity contribution in [2.45, 2.75) is 90.9 Å². The summed E-state index contributed by atoms with van der Waals surface area (Å²) in [6, 6.07) is 0. The van der Waals surface area contributed by atoms with Gasteiger partial charge in [-0.2, -0.15) is 0 Å². The molecule has 0 heterocycles. The number of ether oxygens (including phenoxy) is 4. The highest BCUT2D eigenvalue weighted by molar-refractivity contribution is 5.84. The highest BCUT2D eigenvalue weighted by Gasteiger charge is 2.22. The topological polar surface area (TPSA) is 270 Å². The molecular weight excluding hydrogens is 702 g/mol. The maximum atomic E-state index is 11.9. The van der Waals surface area contributed by atoms with E-state index in [1.165, 1.54) is 7.05 Å². The molecule has 306 valence electrons. The van der Waals surface area contributed by atoms with Crippen LogP contribution in [0.15, 0.2) is 0 Å². The van der Waals surface area contributed by atoms with E-state index >= 15 is 0 Å². The molecule has 2 atom stereocenters. The van der Waals surface area contributed by atoms with Gasteiger partial charge in [-0.25, -0.2) is 0 Å². The van der Waals surface area contributed by atoms with Crippen molar-refractivity contribution in [2.75, 3.05) is 73.0 Å². The Morgan fingerprint density at radius 3 is 1.77 bits per heavy atom. The van der Waals surface area contributed by atoms with E-state index in [0.717, 1.165) is 12.8 Å². The molecule has 0 rings (SSSR count). The first-order chi connectivity index (χ1) is 25.2. The van der Waals surface area contributed by atoms with Crippen LogP contribution in [0.5, 0.6) is 0 Å². The number of carbonyl (C=O) groups is 8. The molecule has 0 radical (unpaired) electrons. The average Bonchev–Trinajstić information content (AvgIpc) is 3.11. The maximum Gasteiger partial charge on any atom is 0.306 e. The number of rotatable bonds is 34. The van der Waals surface area contributed by atoms with Crippen LogP contribution in [0, 0.1) is 11.8 Å². The third-order valence-corrected chi connectivity index (χ3v) is 7.35. The molecule has 0 aliphatic heterocycles. The Bertz CT molecular complexity index is 1090. The number of ketones is 2. The Morgan fingerprint density at radius 1 is 0.566 bits per heavy atom. The molecule has 18 nitrogen and oxygen atoms in total. The number of aliphatic carboxylic acids is 3. The number of amides is 3. The minimum absolute atomic E-state index is 0.00572. The van der Waals surface area contributed by atoms with Crippen molar-refractivity contribution < 1.29 is 72.6 Å². The van der Waals surface area contributed by atoms with Gasteiger partial charge in [0.15, 0.2) is 5.78 Å². The minimum atomic E-state index is -1.18. The predicted molar refractivity (Wildman–Crippen MR) is 190 cm³/mol. The Balaban J connectivity index is 0. The van der Waals surface area contributed by atoms with E-state index < -0.39 is 23.8 Å². The van der Waals surface area contributed by atoms with E-state index in [4.69, 9.17) is 29.2 Å². The van der Waals surface area contributed by atoms with Crippen LogP contribution < -0.4 is 16.0 Å². The molecule has 0 aliphatic rings. The first-order valence-corrected chi connectivity index (χ1v) is 18.0. The summed E-state index contributed by atoms with van der Waals surface area (Å²) in [5.74, 6) is -5.16. The molecule has 0 saturated carbocycles. The molecule has 0 aromatic carbocycles. The van der Waals surface area contributed by atoms with Gasteiger partial charge in [0.25, 0.3) is 0 Å². The van der Waals surface area contributed by atoms with Crippen LogP contribution in [0.4, 0.5) is 0 Å². The zero-order valence-electron chi connectivity index (χ0n) is 31.5. The average molecular weight is 764 g/mol. The van der Waals surface area contributed by atoms with Crippen LogP contribution in [-0.2, 0) is 57.3 Å². The standard InChI is InChI=1S/C25H42N2O12.C10H19NO3/c1-26-23(31)18-39-15-12-36-10-3-5-21(29)17-38-14-13-37-11-9-27-22(30)8-7-19(25(34)35)16-20(28)4-2-6-24(32)33;1-3-9(12)11-7-5-4-6-8(2)10(13)14/h19H,2-18H2,1H3,(H,26,31)(H,27,30)(H,32,33)(H,34,35);8H,3-7H2,1-2H3,(H,11,12)(H,13,14).